The zero-order valence-corrected chi connectivity index (χ0v) is 8.78. The molecule has 0 spiro atoms. The fraction of sp³-hybridized carbons (Fsp3) is 0. The van der Waals surface area contributed by atoms with Gasteiger partial charge in [-0.1, -0.05) is 12.1 Å². The summed E-state index contributed by atoms with van der Waals surface area (Å²) >= 11 is 0. The highest BCUT2D eigenvalue weighted by molar-refractivity contribution is 7.46. The Morgan fingerprint density at radius 1 is 1.31 bits per heavy atom. The quantitative estimate of drug-likeness (QED) is 0.471. The molecule has 0 heterocycles. The zero-order valence-electron chi connectivity index (χ0n) is 7.89. The Morgan fingerprint density at radius 2 is 1.88 bits per heavy atom. The first-order valence-electron chi connectivity index (χ1n) is 4.04. The number of phosphoric ester groups is 1. The van der Waals surface area contributed by atoms with Crippen LogP contribution in [0, 0.1) is 10.1 Å². The molecule has 1 aromatic rings. The van der Waals surface area contributed by atoms with Gasteiger partial charge in [0.1, 0.15) is 5.75 Å². The third kappa shape index (κ3) is 4.70. The summed E-state index contributed by atoms with van der Waals surface area (Å²) in [7, 11) is -4.56. The first-order valence-corrected chi connectivity index (χ1v) is 5.57. The van der Waals surface area contributed by atoms with Crippen LogP contribution >= 0.6 is 7.82 Å². The molecule has 8 heteroatoms. The second-order valence-corrected chi connectivity index (χ2v) is 3.92. The van der Waals surface area contributed by atoms with Crippen LogP contribution in [0.1, 0.15) is 5.56 Å². The fourth-order valence-electron chi connectivity index (χ4n) is 0.924. The maximum atomic E-state index is 10.5. The molecule has 0 fully saturated rings. The average Bonchev–Trinajstić information content (AvgIpc) is 2.14. The predicted octanol–water partition coefficient (Wildman–Crippen LogP) is 1.41. The third-order valence-electron chi connectivity index (χ3n) is 1.49. The van der Waals surface area contributed by atoms with Crippen LogP contribution in [0.15, 0.2) is 30.5 Å². The number of benzene rings is 1. The number of hydrogen-bond acceptors (Lipinski definition) is 4. The van der Waals surface area contributed by atoms with Gasteiger partial charge in [0.05, 0.1) is 4.92 Å². The summed E-state index contributed by atoms with van der Waals surface area (Å²) in [6, 6.07) is 5.48. The number of rotatable bonds is 4. The van der Waals surface area contributed by atoms with Gasteiger partial charge < -0.3 is 4.52 Å². The van der Waals surface area contributed by atoms with E-state index in [9.17, 15) is 14.7 Å². The summed E-state index contributed by atoms with van der Waals surface area (Å²) in [6.45, 7) is 0. The van der Waals surface area contributed by atoms with Gasteiger partial charge in [-0.25, -0.2) is 4.57 Å². The van der Waals surface area contributed by atoms with Gasteiger partial charge in [-0.05, 0) is 17.7 Å². The predicted molar refractivity (Wildman–Crippen MR) is 55.1 cm³/mol. The monoisotopic (exact) mass is 245 g/mol. The molecule has 0 aromatic heterocycles. The Hall–Kier alpha value is -1.69. The molecule has 7 nitrogen and oxygen atoms in total. The summed E-state index contributed by atoms with van der Waals surface area (Å²) in [4.78, 5) is 26.4. The Kier molecular flexibility index (Phi) is 3.78. The molecule has 86 valence electrons. The lowest BCUT2D eigenvalue weighted by atomic mass is 10.2. The van der Waals surface area contributed by atoms with Crippen molar-refractivity contribution >= 4 is 13.9 Å². The van der Waals surface area contributed by atoms with E-state index in [4.69, 9.17) is 9.79 Å². The lowest BCUT2D eigenvalue weighted by molar-refractivity contribution is -0.400. The largest absolute Gasteiger partial charge is 0.524 e. The zero-order chi connectivity index (χ0) is 12.2. The van der Waals surface area contributed by atoms with Crippen LogP contribution < -0.4 is 4.52 Å². The molecule has 0 aliphatic carbocycles. The van der Waals surface area contributed by atoms with Gasteiger partial charge in [0.25, 0.3) is 0 Å². The molecule has 0 atom stereocenters. The van der Waals surface area contributed by atoms with Crippen LogP contribution in [-0.4, -0.2) is 14.7 Å². The highest BCUT2D eigenvalue weighted by atomic mass is 31.2. The minimum Gasteiger partial charge on any atom is -0.404 e. The Balaban J connectivity index is 2.76. The minimum atomic E-state index is -4.56. The van der Waals surface area contributed by atoms with E-state index < -0.39 is 12.7 Å². The van der Waals surface area contributed by atoms with Crippen LogP contribution in [0.5, 0.6) is 5.75 Å². The van der Waals surface area contributed by atoms with E-state index >= 15 is 0 Å². The molecular formula is C8H8NO6P. The second kappa shape index (κ2) is 4.89. The maximum absolute atomic E-state index is 10.5. The molecule has 1 rings (SSSR count). The summed E-state index contributed by atoms with van der Waals surface area (Å²) in [5.74, 6) is -0.00779. The number of hydrogen-bond donors (Lipinski definition) is 2. The lowest BCUT2D eigenvalue weighted by Gasteiger charge is -2.05. The Labute approximate surface area is 90.4 Å². The molecule has 16 heavy (non-hydrogen) atoms. The van der Waals surface area contributed by atoms with Crippen LogP contribution in [0.3, 0.4) is 0 Å². The molecule has 0 saturated heterocycles. The molecule has 0 aliphatic heterocycles. The summed E-state index contributed by atoms with van der Waals surface area (Å²) in [6.07, 6.45) is 2.01. The van der Waals surface area contributed by atoms with Crippen molar-refractivity contribution in [2.75, 3.05) is 0 Å². The van der Waals surface area contributed by atoms with E-state index in [1.807, 2.05) is 0 Å². The Morgan fingerprint density at radius 3 is 2.31 bits per heavy atom. The molecule has 0 radical (unpaired) electrons. The summed E-state index contributed by atoms with van der Waals surface area (Å²) < 4.78 is 14.8. The van der Waals surface area contributed by atoms with E-state index in [2.05, 4.69) is 4.52 Å². The van der Waals surface area contributed by atoms with Crippen molar-refractivity contribution in [3.8, 4) is 5.75 Å². The van der Waals surface area contributed by atoms with Gasteiger partial charge in [0.15, 0.2) is 0 Å². The smallest absolute Gasteiger partial charge is 0.404 e. The van der Waals surface area contributed by atoms with Gasteiger partial charge in [-0.15, -0.1) is 0 Å². The van der Waals surface area contributed by atoms with Crippen LogP contribution in [0.25, 0.3) is 6.08 Å². The van der Waals surface area contributed by atoms with Crippen molar-refractivity contribution < 1.29 is 23.8 Å². The fourth-order valence-corrected chi connectivity index (χ4v) is 1.32. The molecule has 0 aliphatic rings. The van der Waals surface area contributed by atoms with Gasteiger partial charge in [-0.3, -0.25) is 19.9 Å². The number of nitrogens with zero attached hydrogens (tertiary/aromatic N) is 1. The van der Waals surface area contributed by atoms with Crippen molar-refractivity contribution in [3.63, 3.8) is 0 Å². The van der Waals surface area contributed by atoms with Crippen molar-refractivity contribution in [3.05, 3.63) is 46.1 Å². The standard InChI is InChI=1S/C8H8NO6P/c10-9(11)6-5-7-1-3-8(4-2-7)15-16(12,13)14/h1-6H,(H2,12,13,14)/b6-5+. The first kappa shape index (κ1) is 12.4. The van der Waals surface area contributed by atoms with Crippen LogP contribution in [-0.2, 0) is 4.57 Å². The molecule has 0 amide bonds. The lowest BCUT2D eigenvalue weighted by Crippen LogP contribution is -1.89. The SMILES string of the molecule is O=[N+]([O-])/C=C/c1ccc(OP(=O)(O)O)cc1. The van der Waals surface area contributed by atoms with E-state index in [0.717, 1.165) is 6.20 Å². The van der Waals surface area contributed by atoms with Crippen LogP contribution in [0.4, 0.5) is 0 Å². The highest BCUT2D eigenvalue weighted by Gasteiger charge is 2.15. The molecular weight excluding hydrogens is 237 g/mol. The molecule has 0 saturated carbocycles. The summed E-state index contributed by atoms with van der Waals surface area (Å²) in [5, 5.41) is 10.0. The average molecular weight is 245 g/mol. The third-order valence-corrected chi connectivity index (χ3v) is 1.94. The van der Waals surface area contributed by atoms with E-state index in [1.165, 1.54) is 30.3 Å². The van der Waals surface area contributed by atoms with E-state index in [-0.39, 0.29) is 5.75 Å². The highest BCUT2D eigenvalue weighted by Crippen LogP contribution is 2.37. The van der Waals surface area contributed by atoms with Crippen LogP contribution in [0.2, 0.25) is 0 Å². The summed E-state index contributed by atoms with van der Waals surface area (Å²) in [5.41, 5.74) is 0.523. The molecule has 0 unspecified atom stereocenters. The molecule has 0 bridgehead atoms. The van der Waals surface area contributed by atoms with Gasteiger partial charge in [-0.2, -0.15) is 0 Å². The van der Waals surface area contributed by atoms with Gasteiger partial charge >= 0.3 is 7.82 Å². The normalized spacial score (nSPS) is 11.6. The Bertz CT molecular complexity index is 448. The topological polar surface area (TPSA) is 110 Å². The second-order valence-electron chi connectivity index (χ2n) is 2.75. The van der Waals surface area contributed by atoms with Gasteiger partial charge in [0.2, 0.25) is 6.20 Å². The molecule has 1 aromatic carbocycles. The van der Waals surface area contributed by atoms with E-state index in [0.29, 0.717) is 5.56 Å². The minimum absolute atomic E-state index is 0.00779. The van der Waals surface area contributed by atoms with Crippen molar-refractivity contribution in [1.82, 2.24) is 0 Å². The van der Waals surface area contributed by atoms with E-state index in [1.54, 1.807) is 0 Å². The number of phosphoric acid groups is 1. The number of nitro groups is 1. The van der Waals surface area contributed by atoms with Crippen molar-refractivity contribution in [2.45, 2.75) is 0 Å². The molecule has 2 N–H and O–H groups in total. The maximum Gasteiger partial charge on any atom is 0.524 e. The van der Waals surface area contributed by atoms with Crippen molar-refractivity contribution in [2.24, 2.45) is 0 Å². The van der Waals surface area contributed by atoms with Crippen molar-refractivity contribution in [1.29, 1.82) is 0 Å². The first-order chi connectivity index (χ1) is 7.37. The van der Waals surface area contributed by atoms with Gasteiger partial charge in [0, 0.05) is 6.08 Å².